The van der Waals surface area contributed by atoms with E-state index in [9.17, 15) is 13.2 Å². The molecule has 2 N–H and O–H groups in total. The van der Waals surface area contributed by atoms with Gasteiger partial charge >= 0.3 is 0 Å². The lowest BCUT2D eigenvalue weighted by Crippen LogP contribution is -2.33. The summed E-state index contributed by atoms with van der Waals surface area (Å²) >= 11 is 0. The lowest BCUT2D eigenvalue weighted by molar-refractivity contribution is 0.0911. The molecular weight excluding hydrogens is 292 g/mol. The topological polar surface area (TPSA) is 88.3 Å². The molecule has 2 unspecified atom stereocenters. The molecule has 0 aliphatic heterocycles. The highest BCUT2D eigenvalue weighted by molar-refractivity contribution is 8.13. The van der Waals surface area contributed by atoms with Gasteiger partial charge in [0.15, 0.2) is 0 Å². The SMILES string of the molecule is COC1CCC(NC(=O)c2cc(S(=O)(=O)Cl)c[nH]2)C1. The van der Waals surface area contributed by atoms with E-state index in [1.807, 2.05) is 0 Å². The van der Waals surface area contributed by atoms with Crippen molar-refractivity contribution >= 4 is 25.6 Å². The van der Waals surface area contributed by atoms with E-state index in [1.165, 1.54) is 12.3 Å². The Bertz CT molecular complexity index is 569. The number of rotatable bonds is 4. The van der Waals surface area contributed by atoms with Crippen LogP contribution in [0.15, 0.2) is 17.2 Å². The lowest BCUT2D eigenvalue weighted by atomic mass is 10.2. The molecule has 1 aliphatic rings. The maximum Gasteiger partial charge on any atom is 0.267 e. The molecule has 0 aromatic carbocycles. The molecule has 1 aromatic heterocycles. The zero-order valence-electron chi connectivity index (χ0n) is 10.3. The Balaban J connectivity index is 1.99. The average Bonchev–Trinajstić information content (AvgIpc) is 2.96. The third-order valence-corrected chi connectivity index (χ3v) is 4.57. The highest BCUT2D eigenvalue weighted by Gasteiger charge is 2.26. The second kappa shape index (κ2) is 5.52. The van der Waals surface area contributed by atoms with Gasteiger partial charge in [-0.25, -0.2) is 8.42 Å². The van der Waals surface area contributed by atoms with Crippen molar-refractivity contribution in [1.29, 1.82) is 0 Å². The Hall–Kier alpha value is -1.05. The fourth-order valence-electron chi connectivity index (χ4n) is 2.19. The van der Waals surface area contributed by atoms with Crippen molar-refractivity contribution in [2.45, 2.75) is 36.3 Å². The highest BCUT2D eigenvalue weighted by Crippen LogP contribution is 2.22. The van der Waals surface area contributed by atoms with Crippen LogP contribution in [0.25, 0.3) is 0 Å². The van der Waals surface area contributed by atoms with E-state index < -0.39 is 9.05 Å². The molecule has 6 nitrogen and oxygen atoms in total. The predicted octanol–water partition coefficient (Wildman–Crippen LogP) is 1.24. The van der Waals surface area contributed by atoms with Crippen LogP contribution in [0.1, 0.15) is 29.8 Å². The molecule has 0 spiro atoms. The molecule has 0 radical (unpaired) electrons. The molecule has 2 atom stereocenters. The van der Waals surface area contributed by atoms with Gasteiger partial charge in [0.05, 0.1) is 6.10 Å². The Morgan fingerprint density at radius 3 is 2.79 bits per heavy atom. The van der Waals surface area contributed by atoms with Gasteiger partial charge in [0.2, 0.25) is 0 Å². The number of H-pyrrole nitrogens is 1. The Morgan fingerprint density at radius 1 is 1.53 bits per heavy atom. The summed E-state index contributed by atoms with van der Waals surface area (Å²) in [5.41, 5.74) is 0.181. The first kappa shape index (κ1) is 14.4. The zero-order valence-corrected chi connectivity index (χ0v) is 11.9. The maximum absolute atomic E-state index is 11.9. The Morgan fingerprint density at radius 2 is 2.26 bits per heavy atom. The number of carbonyl (C=O) groups is 1. The van der Waals surface area contributed by atoms with Gasteiger partial charge in [-0.2, -0.15) is 0 Å². The van der Waals surface area contributed by atoms with Crippen molar-refractivity contribution in [3.05, 3.63) is 18.0 Å². The smallest absolute Gasteiger partial charge is 0.267 e. The number of methoxy groups -OCH3 is 1. The van der Waals surface area contributed by atoms with E-state index in [-0.39, 0.29) is 28.6 Å². The van der Waals surface area contributed by atoms with Crippen molar-refractivity contribution in [3.8, 4) is 0 Å². The standard InChI is InChI=1S/C11H15ClN2O4S/c1-18-8-3-2-7(4-8)14-11(15)10-5-9(6-13-10)19(12,16)17/h5-8,13H,2-4H2,1H3,(H,14,15). The molecule has 1 saturated carbocycles. The molecule has 1 amide bonds. The number of hydrogen-bond acceptors (Lipinski definition) is 4. The van der Waals surface area contributed by atoms with Gasteiger partial charge in [0.25, 0.3) is 15.0 Å². The van der Waals surface area contributed by atoms with Gasteiger partial charge in [-0.1, -0.05) is 0 Å². The minimum Gasteiger partial charge on any atom is -0.381 e. The van der Waals surface area contributed by atoms with E-state index in [1.54, 1.807) is 7.11 Å². The summed E-state index contributed by atoms with van der Waals surface area (Å²) in [6.45, 7) is 0. The molecule has 1 heterocycles. The number of hydrogen-bond donors (Lipinski definition) is 2. The summed E-state index contributed by atoms with van der Waals surface area (Å²) in [6, 6.07) is 1.28. The Labute approximate surface area is 115 Å². The van der Waals surface area contributed by atoms with Gasteiger partial charge in [0.1, 0.15) is 10.6 Å². The molecule has 19 heavy (non-hydrogen) atoms. The minimum absolute atomic E-state index is 0.0526. The van der Waals surface area contributed by atoms with Crippen LogP contribution in [-0.2, 0) is 13.8 Å². The molecule has 8 heteroatoms. The summed E-state index contributed by atoms with van der Waals surface area (Å²) in [5.74, 6) is -0.340. The van der Waals surface area contributed by atoms with Crippen molar-refractivity contribution in [2.24, 2.45) is 0 Å². The van der Waals surface area contributed by atoms with Gasteiger partial charge in [-0.15, -0.1) is 0 Å². The first-order valence-corrected chi connectivity index (χ1v) is 8.18. The quantitative estimate of drug-likeness (QED) is 0.819. The van der Waals surface area contributed by atoms with E-state index in [2.05, 4.69) is 10.3 Å². The number of halogens is 1. The molecule has 1 aliphatic carbocycles. The van der Waals surface area contributed by atoms with E-state index >= 15 is 0 Å². The highest BCUT2D eigenvalue weighted by atomic mass is 35.7. The monoisotopic (exact) mass is 306 g/mol. The number of carbonyl (C=O) groups excluding carboxylic acids is 1. The molecule has 1 aromatic rings. The molecule has 1 fully saturated rings. The fourth-order valence-corrected chi connectivity index (χ4v) is 2.92. The zero-order chi connectivity index (χ0) is 14.0. The number of amides is 1. The van der Waals surface area contributed by atoms with Crippen molar-refractivity contribution in [3.63, 3.8) is 0 Å². The normalized spacial score (nSPS) is 23.5. The predicted molar refractivity (Wildman–Crippen MR) is 69.7 cm³/mol. The van der Waals surface area contributed by atoms with Crippen molar-refractivity contribution in [2.75, 3.05) is 7.11 Å². The van der Waals surface area contributed by atoms with Gasteiger partial charge in [0, 0.05) is 30.0 Å². The van der Waals surface area contributed by atoms with E-state index in [4.69, 9.17) is 15.4 Å². The van der Waals surface area contributed by atoms with Gasteiger partial charge in [-0.05, 0) is 25.3 Å². The number of ether oxygens (including phenoxy) is 1. The van der Waals surface area contributed by atoms with Gasteiger partial charge in [-0.3, -0.25) is 4.79 Å². The van der Waals surface area contributed by atoms with E-state index in [0.717, 1.165) is 19.3 Å². The molecule has 0 bridgehead atoms. The van der Waals surface area contributed by atoms with Crippen LogP contribution < -0.4 is 5.32 Å². The summed E-state index contributed by atoms with van der Waals surface area (Å²) in [4.78, 5) is 14.4. The number of aromatic nitrogens is 1. The van der Waals surface area contributed by atoms with Crippen LogP contribution in [0, 0.1) is 0 Å². The average molecular weight is 307 g/mol. The third-order valence-electron chi connectivity index (χ3n) is 3.24. The van der Waals surface area contributed by atoms with Crippen molar-refractivity contribution in [1.82, 2.24) is 10.3 Å². The van der Waals surface area contributed by atoms with E-state index in [0.29, 0.717) is 0 Å². The van der Waals surface area contributed by atoms with Crippen LogP contribution in [0.2, 0.25) is 0 Å². The largest absolute Gasteiger partial charge is 0.381 e. The molecule has 0 saturated heterocycles. The minimum atomic E-state index is -3.81. The summed E-state index contributed by atoms with van der Waals surface area (Å²) in [5, 5.41) is 2.84. The molecule has 106 valence electrons. The van der Waals surface area contributed by atoms with Crippen LogP contribution in [0.3, 0.4) is 0 Å². The van der Waals surface area contributed by atoms with Crippen LogP contribution in [0.4, 0.5) is 0 Å². The fraction of sp³-hybridized carbons (Fsp3) is 0.545. The second-order valence-electron chi connectivity index (χ2n) is 4.53. The van der Waals surface area contributed by atoms with Crippen LogP contribution in [0.5, 0.6) is 0 Å². The van der Waals surface area contributed by atoms with Gasteiger partial charge < -0.3 is 15.0 Å². The summed E-state index contributed by atoms with van der Waals surface area (Å²) in [6.07, 6.45) is 3.90. The first-order chi connectivity index (χ1) is 8.90. The molecule has 2 rings (SSSR count). The van der Waals surface area contributed by atoms with Crippen molar-refractivity contribution < 1.29 is 17.9 Å². The van der Waals surface area contributed by atoms with Crippen LogP contribution in [-0.4, -0.2) is 38.6 Å². The second-order valence-corrected chi connectivity index (χ2v) is 7.09. The number of nitrogens with one attached hydrogen (secondary N) is 2. The summed E-state index contributed by atoms with van der Waals surface area (Å²) < 4.78 is 27.4. The first-order valence-electron chi connectivity index (χ1n) is 5.87. The lowest BCUT2D eigenvalue weighted by Gasteiger charge is -2.11. The molecular formula is C11H15ClN2O4S. The maximum atomic E-state index is 11.9. The number of aromatic amines is 1. The third kappa shape index (κ3) is 3.49. The van der Waals surface area contributed by atoms with Crippen LogP contribution >= 0.6 is 10.7 Å². The summed E-state index contributed by atoms with van der Waals surface area (Å²) in [7, 11) is 3.02. The Kier molecular flexibility index (Phi) is 4.17.